The molecule has 2 aromatic heterocycles. The summed E-state index contributed by atoms with van der Waals surface area (Å²) in [4.78, 5) is 13.2. The summed E-state index contributed by atoms with van der Waals surface area (Å²) in [7, 11) is 0. The van der Waals surface area contributed by atoms with Gasteiger partial charge in [0.25, 0.3) is 0 Å². The van der Waals surface area contributed by atoms with E-state index in [0.717, 1.165) is 23.4 Å². The SMILES string of the molecule is OCC1C=CC(n2cnc3c(NC4CC4)ncnc32)C1. The van der Waals surface area contributed by atoms with Crippen molar-refractivity contribution in [2.24, 2.45) is 5.92 Å². The summed E-state index contributed by atoms with van der Waals surface area (Å²) < 4.78 is 2.07. The summed E-state index contributed by atoms with van der Waals surface area (Å²) in [6, 6.07) is 0.768. The molecular formula is C14H17N5O. The molecule has 4 rings (SSSR count). The van der Waals surface area contributed by atoms with E-state index < -0.39 is 0 Å². The predicted octanol–water partition coefficient (Wildman–Crippen LogP) is 1.51. The minimum Gasteiger partial charge on any atom is -0.396 e. The Hall–Kier alpha value is -1.95. The highest BCUT2D eigenvalue weighted by Crippen LogP contribution is 2.32. The molecule has 20 heavy (non-hydrogen) atoms. The van der Waals surface area contributed by atoms with Gasteiger partial charge in [-0.25, -0.2) is 15.0 Å². The molecule has 0 saturated heterocycles. The van der Waals surface area contributed by atoms with Crippen molar-refractivity contribution in [3.63, 3.8) is 0 Å². The van der Waals surface area contributed by atoms with E-state index in [1.807, 2.05) is 6.33 Å². The van der Waals surface area contributed by atoms with Crippen LogP contribution in [0.2, 0.25) is 0 Å². The average molecular weight is 271 g/mol. The van der Waals surface area contributed by atoms with Gasteiger partial charge >= 0.3 is 0 Å². The van der Waals surface area contributed by atoms with Crippen molar-refractivity contribution in [2.45, 2.75) is 31.3 Å². The standard InChI is InChI=1S/C14H17N5O/c20-6-9-1-4-11(5-9)19-8-17-12-13(18-10-2-3-10)15-7-16-14(12)19/h1,4,7-11,20H,2-3,5-6H2,(H,15,16,18). The van der Waals surface area contributed by atoms with Crippen LogP contribution in [-0.2, 0) is 0 Å². The van der Waals surface area contributed by atoms with Gasteiger partial charge in [-0.3, -0.25) is 0 Å². The van der Waals surface area contributed by atoms with Crippen molar-refractivity contribution in [1.29, 1.82) is 0 Å². The lowest BCUT2D eigenvalue weighted by molar-refractivity contribution is 0.244. The van der Waals surface area contributed by atoms with E-state index >= 15 is 0 Å². The number of aromatic nitrogens is 4. The maximum atomic E-state index is 9.23. The molecule has 2 atom stereocenters. The highest BCUT2D eigenvalue weighted by molar-refractivity contribution is 5.83. The first-order chi connectivity index (χ1) is 9.85. The number of aliphatic hydroxyl groups excluding tert-OH is 1. The molecule has 6 heteroatoms. The molecule has 0 amide bonds. The third-order valence-electron chi connectivity index (χ3n) is 4.02. The highest BCUT2D eigenvalue weighted by atomic mass is 16.3. The van der Waals surface area contributed by atoms with Crippen LogP contribution < -0.4 is 5.32 Å². The summed E-state index contributed by atoms with van der Waals surface area (Å²) in [5.74, 6) is 1.07. The molecule has 6 nitrogen and oxygen atoms in total. The minimum absolute atomic E-state index is 0.198. The molecule has 0 bridgehead atoms. The van der Waals surface area contributed by atoms with Gasteiger partial charge in [-0.15, -0.1) is 0 Å². The second-order valence-corrected chi connectivity index (χ2v) is 5.60. The van der Waals surface area contributed by atoms with Gasteiger partial charge in [0.05, 0.1) is 12.4 Å². The van der Waals surface area contributed by atoms with Crippen LogP contribution in [0, 0.1) is 5.92 Å². The minimum atomic E-state index is 0.198. The van der Waals surface area contributed by atoms with Gasteiger partial charge in [0.15, 0.2) is 11.5 Å². The Balaban J connectivity index is 1.69. The van der Waals surface area contributed by atoms with Crippen molar-refractivity contribution in [3.8, 4) is 0 Å². The summed E-state index contributed by atoms with van der Waals surface area (Å²) in [5.41, 5.74) is 1.69. The number of hydrogen-bond donors (Lipinski definition) is 2. The van der Waals surface area contributed by atoms with Crippen LogP contribution in [0.25, 0.3) is 11.2 Å². The van der Waals surface area contributed by atoms with Crippen molar-refractivity contribution < 1.29 is 5.11 Å². The van der Waals surface area contributed by atoms with Gasteiger partial charge in [-0.05, 0) is 19.3 Å². The van der Waals surface area contributed by atoms with Crippen molar-refractivity contribution in [3.05, 3.63) is 24.8 Å². The second kappa shape index (κ2) is 4.56. The first kappa shape index (κ1) is 11.8. The van der Waals surface area contributed by atoms with Gasteiger partial charge in [0.2, 0.25) is 0 Å². The van der Waals surface area contributed by atoms with E-state index in [0.29, 0.717) is 6.04 Å². The zero-order valence-electron chi connectivity index (χ0n) is 11.1. The normalized spacial score (nSPS) is 25.4. The van der Waals surface area contributed by atoms with Crippen LogP contribution in [-0.4, -0.2) is 37.3 Å². The summed E-state index contributed by atoms with van der Waals surface area (Å²) >= 11 is 0. The van der Waals surface area contributed by atoms with Crippen LogP contribution in [0.5, 0.6) is 0 Å². The zero-order valence-corrected chi connectivity index (χ0v) is 11.1. The third kappa shape index (κ3) is 1.96. The molecule has 1 saturated carbocycles. The number of imidazole rings is 1. The highest BCUT2D eigenvalue weighted by Gasteiger charge is 2.25. The molecule has 0 spiro atoms. The lowest BCUT2D eigenvalue weighted by atomic mass is 10.1. The van der Waals surface area contributed by atoms with E-state index in [1.165, 1.54) is 12.8 Å². The van der Waals surface area contributed by atoms with Crippen LogP contribution in [0.15, 0.2) is 24.8 Å². The molecule has 104 valence electrons. The van der Waals surface area contributed by atoms with Gasteiger partial charge in [0, 0.05) is 18.6 Å². The Morgan fingerprint density at radius 1 is 1.25 bits per heavy atom. The Kier molecular flexibility index (Phi) is 2.70. The van der Waals surface area contributed by atoms with E-state index in [-0.39, 0.29) is 18.6 Å². The van der Waals surface area contributed by atoms with Gasteiger partial charge in [-0.1, -0.05) is 12.2 Å². The molecule has 1 fully saturated rings. The molecular weight excluding hydrogens is 254 g/mol. The largest absolute Gasteiger partial charge is 0.396 e. The lowest BCUT2D eigenvalue weighted by Gasteiger charge is -2.12. The maximum absolute atomic E-state index is 9.23. The molecule has 2 aliphatic carbocycles. The van der Waals surface area contributed by atoms with Gasteiger partial charge < -0.3 is 15.0 Å². The number of aliphatic hydroxyl groups is 1. The van der Waals surface area contributed by atoms with Gasteiger partial charge in [-0.2, -0.15) is 0 Å². The number of nitrogens with one attached hydrogen (secondary N) is 1. The first-order valence-corrected chi connectivity index (χ1v) is 7.08. The summed E-state index contributed by atoms with van der Waals surface area (Å²) in [6.45, 7) is 0.198. The van der Waals surface area contributed by atoms with Crippen LogP contribution in [0.3, 0.4) is 0 Å². The number of anilines is 1. The van der Waals surface area contributed by atoms with E-state index in [1.54, 1.807) is 6.33 Å². The third-order valence-corrected chi connectivity index (χ3v) is 4.02. The molecule has 2 aromatic rings. The fourth-order valence-corrected chi connectivity index (χ4v) is 2.72. The summed E-state index contributed by atoms with van der Waals surface area (Å²) in [6.07, 6.45) is 10.9. The number of fused-ring (bicyclic) bond motifs is 1. The summed E-state index contributed by atoms with van der Waals surface area (Å²) in [5, 5.41) is 12.6. The van der Waals surface area contributed by atoms with E-state index in [2.05, 4.69) is 37.0 Å². The molecule has 2 unspecified atom stereocenters. The van der Waals surface area contributed by atoms with Crippen molar-refractivity contribution in [1.82, 2.24) is 19.5 Å². The number of rotatable bonds is 4. The molecule has 2 N–H and O–H groups in total. The smallest absolute Gasteiger partial charge is 0.165 e. The fraction of sp³-hybridized carbons (Fsp3) is 0.500. The van der Waals surface area contributed by atoms with Gasteiger partial charge in [0.1, 0.15) is 11.8 Å². The number of hydrogen-bond acceptors (Lipinski definition) is 5. The second-order valence-electron chi connectivity index (χ2n) is 5.60. The number of allylic oxidation sites excluding steroid dienone is 1. The molecule has 0 aliphatic heterocycles. The van der Waals surface area contributed by atoms with Crippen LogP contribution in [0.4, 0.5) is 5.82 Å². The van der Waals surface area contributed by atoms with Crippen molar-refractivity contribution >= 4 is 17.0 Å². The maximum Gasteiger partial charge on any atom is 0.165 e. The van der Waals surface area contributed by atoms with E-state index in [9.17, 15) is 5.11 Å². The first-order valence-electron chi connectivity index (χ1n) is 7.08. The average Bonchev–Trinajstić information content (AvgIpc) is 3.01. The fourth-order valence-electron chi connectivity index (χ4n) is 2.72. The Morgan fingerprint density at radius 2 is 2.15 bits per heavy atom. The number of nitrogens with zero attached hydrogens (tertiary/aromatic N) is 4. The Labute approximate surface area is 116 Å². The Bertz CT molecular complexity index is 661. The van der Waals surface area contributed by atoms with Crippen LogP contribution >= 0.6 is 0 Å². The molecule has 0 radical (unpaired) electrons. The van der Waals surface area contributed by atoms with Crippen LogP contribution in [0.1, 0.15) is 25.3 Å². The predicted molar refractivity (Wildman–Crippen MR) is 75.3 cm³/mol. The molecule has 2 heterocycles. The lowest BCUT2D eigenvalue weighted by Crippen LogP contribution is -2.08. The zero-order chi connectivity index (χ0) is 13.5. The quantitative estimate of drug-likeness (QED) is 0.824. The Morgan fingerprint density at radius 3 is 2.90 bits per heavy atom. The topological polar surface area (TPSA) is 75.9 Å². The molecule has 2 aliphatic rings. The van der Waals surface area contributed by atoms with E-state index in [4.69, 9.17) is 0 Å². The molecule has 0 aromatic carbocycles. The monoisotopic (exact) mass is 271 g/mol. The van der Waals surface area contributed by atoms with Crippen molar-refractivity contribution in [2.75, 3.05) is 11.9 Å².